The number of rotatable bonds is 7. The molecule has 8 nitrogen and oxygen atoms in total. The first kappa shape index (κ1) is 24.6. The molecule has 1 aromatic heterocycles. The number of sulfonamides is 1. The number of amides is 1. The number of carbonyl (C=O) groups excluding carboxylic acids is 1. The van der Waals surface area contributed by atoms with Crippen LogP contribution in [0.15, 0.2) is 93.3 Å². The van der Waals surface area contributed by atoms with Gasteiger partial charge in [-0.1, -0.05) is 45.7 Å². The number of anilines is 1. The van der Waals surface area contributed by atoms with Gasteiger partial charge in [-0.2, -0.15) is 10.2 Å². The zero-order valence-corrected chi connectivity index (χ0v) is 21.5. The van der Waals surface area contributed by atoms with Crippen LogP contribution in [0.3, 0.4) is 0 Å². The molecule has 3 aromatic carbocycles. The number of nitrogens with zero attached hydrogens (tertiary/aromatic N) is 3. The second kappa shape index (κ2) is 10.4. The molecule has 178 valence electrons. The molecule has 0 aliphatic carbocycles. The van der Waals surface area contributed by atoms with Gasteiger partial charge in [0.2, 0.25) is 0 Å². The molecule has 0 saturated heterocycles. The third-order valence-corrected chi connectivity index (χ3v) is 7.22. The number of aromatic nitrogens is 2. The fourth-order valence-corrected chi connectivity index (χ4v) is 4.78. The molecule has 1 heterocycles. The maximum Gasteiger partial charge on any atom is 0.271 e. The molecule has 2 N–H and O–H groups in total. The Morgan fingerprint density at radius 1 is 1.03 bits per heavy atom. The molecule has 0 unspecified atom stereocenters. The molecule has 0 aliphatic heterocycles. The fourth-order valence-electron chi connectivity index (χ4n) is 3.14. The molecule has 0 aliphatic rings. The number of hydrogen-bond donors (Lipinski definition) is 2. The number of para-hydroxylation sites is 1. The summed E-state index contributed by atoms with van der Waals surface area (Å²) in [7, 11) is -3.75. The molecule has 0 spiro atoms. The average molecular weight is 573 g/mol. The van der Waals surface area contributed by atoms with Gasteiger partial charge < -0.3 is 0 Å². The highest BCUT2D eigenvalue weighted by molar-refractivity contribution is 9.10. The van der Waals surface area contributed by atoms with Crippen molar-refractivity contribution in [2.24, 2.45) is 5.10 Å². The normalized spacial score (nSPS) is 11.5. The van der Waals surface area contributed by atoms with Crippen LogP contribution in [0, 0.1) is 6.92 Å². The van der Waals surface area contributed by atoms with E-state index in [4.69, 9.17) is 11.6 Å². The SMILES string of the molecule is Cc1nn(-c2ccccc2)c(Cl)c1/C=N\NC(=O)c1ccc(NS(=O)(=O)c2ccc(Br)cc2)cc1. The van der Waals surface area contributed by atoms with Gasteiger partial charge in [-0.3, -0.25) is 9.52 Å². The standard InChI is InChI=1S/C24H19BrClN5O3S/c1-16-22(23(26)31(29-16)20-5-3-2-4-6-20)15-27-28-24(32)17-7-11-19(12-8-17)30-35(33,34)21-13-9-18(25)10-14-21/h2-15,30H,1H3,(H,28,32)/b27-15-. The molecule has 35 heavy (non-hydrogen) atoms. The summed E-state index contributed by atoms with van der Waals surface area (Å²) >= 11 is 9.73. The second-order valence-corrected chi connectivity index (χ2v) is 10.3. The molecule has 1 amide bonds. The summed E-state index contributed by atoms with van der Waals surface area (Å²) in [5.41, 5.74) is 5.10. The Balaban J connectivity index is 1.41. The summed E-state index contributed by atoms with van der Waals surface area (Å²) in [6.07, 6.45) is 1.43. The first-order chi connectivity index (χ1) is 16.7. The molecular formula is C24H19BrClN5O3S. The topological polar surface area (TPSA) is 105 Å². The molecule has 0 radical (unpaired) electrons. The van der Waals surface area contributed by atoms with E-state index < -0.39 is 15.9 Å². The summed E-state index contributed by atoms with van der Waals surface area (Å²) in [6.45, 7) is 1.79. The van der Waals surface area contributed by atoms with E-state index in [9.17, 15) is 13.2 Å². The lowest BCUT2D eigenvalue weighted by atomic mass is 10.2. The van der Waals surface area contributed by atoms with E-state index in [0.29, 0.717) is 27.7 Å². The number of halogens is 2. The number of nitrogens with one attached hydrogen (secondary N) is 2. The molecule has 0 fully saturated rings. The predicted molar refractivity (Wildman–Crippen MR) is 140 cm³/mol. The van der Waals surface area contributed by atoms with E-state index in [1.54, 1.807) is 23.7 Å². The summed E-state index contributed by atoms with van der Waals surface area (Å²) in [5.74, 6) is -0.465. The van der Waals surface area contributed by atoms with Gasteiger partial charge in [0, 0.05) is 15.7 Å². The highest BCUT2D eigenvalue weighted by atomic mass is 79.9. The zero-order chi connectivity index (χ0) is 25.0. The average Bonchev–Trinajstić information content (AvgIpc) is 3.13. The highest BCUT2D eigenvalue weighted by Crippen LogP contribution is 2.22. The Bertz CT molecular complexity index is 1490. The maximum absolute atomic E-state index is 12.5. The van der Waals surface area contributed by atoms with Crippen molar-refractivity contribution in [1.82, 2.24) is 15.2 Å². The first-order valence-corrected chi connectivity index (χ1v) is 12.9. The van der Waals surface area contributed by atoms with Crippen molar-refractivity contribution >= 4 is 55.4 Å². The Hall–Kier alpha value is -3.47. The van der Waals surface area contributed by atoms with Crippen LogP contribution >= 0.6 is 27.5 Å². The lowest BCUT2D eigenvalue weighted by Crippen LogP contribution is -2.18. The van der Waals surface area contributed by atoms with Crippen LogP contribution in [-0.2, 0) is 10.0 Å². The second-order valence-electron chi connectivity index (χ2n) is 7.37. The lowest BCUT2D eigenvalue weighted by molar-refractivity contribution is 0.0955. The summed E-state index contributed by atoms with van der Waals surface area (Å²) in [6, 6.07) is 21.7. The maximum atomic E-state index is 12.5. The van der Waals surface area contributed by atoms with Crippen LogP contribution in [0.5, 0.6) is 0 Å². The minimum Gasteiger partial charge on any atom is -0.280 e. The van der Waals surface area contributed by atoms with Crippen LogP contribution in [0.25, 0.3) is 5.69 Å². The van der Waals surface area contributed by atoms with Gasteiger partial charge in [0.15, 0.2) is 0 Å². The summed E-state index contributed by atoms with van der Waals surface area (Å²) in [4.78, 5) is 12.6. The van der Waals surface area contributed by atoms with E-state index in [0.717, 1.165) is 10.2 Å². The molecular weight excluding hydrogens is 554 g/mol. The van der Waals surface area contributed by atoms with Crippen molar-refractivity contribution in [3.8, 4) is 5.69 Å². The smallest absolute Gasteiger partial charge is 0.271 e. The van der Waals surface area contributed by atoms with Crippen molar-refractivity contribution in [2.75, 3.05) is 4.72 Å². The molecule has 4 rings (SSSR count). The van der Waals surface area contributed by atoms with Crippen LogP contribution in [-0.4, -0.2) is 30.3 Å². The van der Waals surface area contributed by atoms with Gasteiger partial charge in [0.25, 0.3) is 15.9 Å². The lowest BCUT2D eigenvalue weighted by Gasteiger charge is -2.09. The molecule has 11 heteroatoms. The van der Waals surface area contributed by atoms with Crippen LogP contribution in [0.4, 0.5) is 5.69 Å². The van der Waals surface area contributed by atoms with E-state index in [1.165, 1.54) is 42.6 Å². The minimum atomic E-state index is -3.75. The molecule has 0 bridgehead atoms. The number of benzene rings is 3. The van der Waals surface area contributed by atoms with Gasteiger partial charge in [0.05, 0.1) is 28.1 Å². The quantitative estimate of drug-likeness (QED) is 0.236. The Morgan fingerprint density at radius 2 is 1.69 bits per heavy atom. The first-order valence-electron chi connectivity index (χ1n) is 10.3. The van der Waals surface area contributed by atoms with E-state index >= 15 is 0 Å². The number of carbonyl (C=O) groups is 1. The number of hydrazone groups is 1. The Labute approximate surface area is 215 Å². The predicted octanol–water partition coefficient (Wildman–Crippen LogP) is 5.16. The van der Waals surface area contributed by atoms with Gasteiger partial charge >= 0.3 is 0 Å². The van der Waals surface area contributed by atoms with Crippen LogP contribution in [0.1, 0.15) is 21.6 Å². The van der Waals surface area contributed by atoms with E-state index in [2.05, 4.69) is 36.3 Å². The summed E-state index contributed by atoms with van der Waals surface area (Å²) < 4.78 is 29.9. The fraction of sp³-hybridized carbons (Fsp3) is 0.0417. The van der Waals surface area contributed by atoms with Crippen molar-refractivity contribution in [3.63, 3.8) is 0 Å². The van der Waals surface area contributed by atoms with E-state index in [1.807, 2.05) is 30.3 Å². The van der Waals surface area contributed by atoms with Crippen molar-refractivity contribution in [3.05, 3.63) is 105 Å². The minimum absolute atomic E-state index is 0.126. The zero-order valence-electron chi connectivity index (χ0n) is 18.3. The molecule has 0 atom stereocenters. The van der Waals surface area contributed by atoms with Gasteiger partial charge in [-0.25, -0.2) is 18.5 Å². The van der Waals surface area contributed by atoms with Gasteiger partial charge in [-0.15, -0.1) is 0 Å². The monoisotopic (exact) mass is 571 g/mol. The molecule has 4 aromatic rings. The van der Waals surface area contributed by atoms with Crippen LogP contribution < -0.4 is 10.1 Å². The van der Waals surface area contributed by atoms with Crippen molar-refractivity contribution < 1.29 is 13.2 Å². The Morgan fingerprint density at radius 3 is 2.34 bits per heavy atom. The number of aryl methyl sites for hydroxylation is 1. The van der Waals surface area contributed by atoms with E-state index in [-0.39, 0.29) is 4.90 Å². The van der Waals surface area contributed by atoms with Gasteiger partial charge in [0.1, 0.15) is 5.15 Å². The number of hydrogen-bond acceptors (Lipinski definition) is 5. The Kier molecular flexibility index (Phi) is 7.34. The van der Waals surface area contributed by atoms with Crippen LogP contribution in [0.2, 0.25) is 5.15 Å². The molecule has 0 saturated carbocycles. The third kappa shape index (κ3) is 5.79. The largest absolute Gasteiger partial charge is 0.280 e. The third-order valence-electron chi connectivity index (χ3n) is 4.93. The van der Waals surface area contributed by atoms with Crippen molar-refractivity contribution in [1.29, 1.82) is 0 Å². The summed E-state index contributed by atoms with van der Waals surface area (Å²) in [5, 5.41) is 8.79. The van der Waals surface area contributed by atoms with Gasteiger partial charge in [-0.05, 0) is 67.6 Å². The van der Waals surface area contributed by atoms with Crippen molar-refractivity contribution in [2.45, 2.75) is 11.8 Å². The highest BCUT2D eigenvalue weighted by Gasteiger charge is 2.15.